The zero-order valence-corrected chi connectivity index (χ0v) is 10.3. The van der Waals surface area contributed by atoms with Crippen LogP contribution in [-0.4, -0.2) is 24.2 Å². The Kier molecular flexibility index (Phi) is 4.48. The molecule has 17 heavy (non-hydrogen) atoms. The summed E-state index contributed by atoms with van der Waals surface area (Å²) in [6.07, 6.45) is 0.410. The molecule has 0 saturated carbocycles. The fourth-order valence-corrected chi connectivity index (χ4v) is 1.78. The minimum Gasteiger partial charge on any atom is -0.508 e. The predicted octanol–water partition coefficient (Wildman–Crippen LogP) is 0.556. The second-order valence-electron chi connectivity index (χ2n) is 4.04. The van der Waals surface area contributed by atoms with Crippen LogP contribution >= 0.6 is 0 Å². The van der Waals surface area contributed by atoms with Gasteiger partial charge in [0.05, 0.1) is 13.2 Å². The van der Waals surface area contributed by atoms with Gasteiger partial charge >= 0.3 is 0 Å². The van der Waals surface area contributed by atoms with Gasteiger partial charge in [0.1, 0.15) is 5.75 Å². The fourth-order valence-electron chi connectivity index (χ4n) is 1.78. The molecule has 0 spiro atoms. The molecule has 0 heterocycles. The van der Waals surface area contributed by atoms with Crippen LogP contribution in [0, 0.1) is 13.8 Å². The van der Waals surface area contributed by atoms with E-state index >= 15 is 0 Å². The second kappa shape index (κ2) is 5.65. The van der Waals surface area contributed by atoms with E-state index in [4.69, 9.17) is 5.73 Å². The summed E-state index contributed by atoms with van der Waals surface area (Å²) in [6.45, 7) is 3.76. The van der Waals surface area contributed by atoms with Gasteiger partial charge in [-0.15, -0.1) is 0 Å². The number of benzene rings is 1. The number of hydrogen-bond donors (Lipinski definition) is 3. The fraction of sp³-hybridized carbons (Fsp3) is 0.417. The van der Waals surface area contributed by atoms with Gasteiger partial charge in [-0.3, -0.25) is 9.63 Å². The Morgan fingerprint density at radius 2 is 2.00 bits per heavy atom. The molecule has 0 aliphatic carbocycles. The Morgan fingerprint density at radius 3 is 2.47 bits per heavy atom. The van der Waals surface area contributed by atoms with Crippen LogP contribution < -0.4 is 11.2 Å². The van der Waals surface area contributed by atoms with E-state index in [0.717, 1.165) is 16.7 Å². The van der Waals surface area contributed by atoms with E-state index in [1.807, 2.05) is 13.8 Å². The zero-order valence-electron chi connectivity index (χ0n) is 10.3. The first-order valence-corrected chi connectivity index (χ1v) is 5.33. The molecule has 0 bridgehead atoms. The molecule has 0 aromatic heterocycles. The maximum absolute atomic E-state index is 11.4. The number of nitrogens with two attached hydrogens (primary N) is 1. The number of nitrogens with one attached hydrogen (secondary N) is 1. The maximum Gasteiger partial charge on any atom is 0.260 e. The molecule has 1 aromatic rings. The van der Waals surface area contributed by atoms with E-state index in [9.17, 15) is 9.90 Å². The minimum atomic E-state index is -0.670. The number of carbonyl (C=O) groups is 1. The van der Waals surface area contributed by atoms with Crippen molar-refractivity contribution in [3.8, 4) is 5.75 Å². The molecule has 4 N–H and O–H groups in total. The van der Waals surface area contributed by atoms with Gasteiger partial charge in [0, 0.05) is 0 Å². The van der Waals surface area contributed by atoms with E-state index in [1.54, 1.807) is 12.1 Å². The molecule has 0 radical (unpaired) electrons. The van der Waals surface area contributed by atoms with Crippen molar-refractivity contribution < 1.29 is 14.7 Å². The van der Waals surface area contributed by atoms with Crippen LogP contribution in [0.5, 0.6) is 5.75 Å². The molecule has 94 valence electrons. The molecular formula is C12H18N2O3. The molecule has 1 atom stereocenters. The van der Waals surface area contributed by atoms with Gasteiger partial charge in [-0.2, -0.15) is 0 Å². The van der Waals surface area contributed by atoms with Crippen molar-refractivity contribution in [2.75, 3.05) is 7.11 Å². The highest BCUT2D eigenvalue weighted by Gasteiger charge is 2.16. The average molecular weight is 238 g/mol. The molecule has 0 saturated heterocycles. The first-order valence-electron chi connectivity index (χ1n) is 5.33. The van der Waals surface area contributed by atoms with Crippen LogP contribution in [0.4, 0.5) is 0 Å². The highest BCUT2D eigenvalue weighted by atomic mass is 16.6. The van der Waals surface area contributed by atoms with E-state index in [0.29, 0.717) is 6.42 Å². The third-order valence-electron chi connectivity index (χ3n) is 2.64. The molecule has 1 aromatic carbocycles. The third-order valence-corrected chi connectivity index (χ3v) is 2.64. The van der Waals surface area contributed by atoms with Gasteiger partial charge in [0.25, 0.3) is 5.91 Å². The Bertz CT molecular complexity index is 395. The lowest BCUT2D eigenvalue weighted by atomic mass is 9.96. The van der Waals surface area contributed by atoms with Crippen molar-refractivity contribution in [3.05, 3.63) is 28.8 Å². The number of aromatic hydroxyl groups is 1. The van der Waals surface area contributed by atoms with E-state index in [1.165, 1.54) is 7.11 Å². The zero-order chi connectivity index (χ0) is 13.0. The summed E-state index contributed by atoms with van der Waals surface area (Å²) in [5.41, 5.74) is 10.8. The Balaban J connectivity index is 2.85. The average Bonchev–Trinajstić information content (AvgIpc) is 2.23. The second-order valence-corrected chi connectivity index (χ2v) is 4.04. The van der Waals surface area contributed by atoms with Crippen molar-refractivity contribution in [2.24, 2.45) is 5.73 Å². The quantitative estimate of drug-likeness (QED) is 0.669. The normalized spacial score (nSPS) is 12.2. The summed E-state index contributed by atoms with van der Waals surface area (Å²) < 4.78 is 0. The summed E-state index contributed by atoms with van der Waals surface area (Å²) in [7, 11) is 1.36. The summed E-state index contributed by atoms with van der Waals surface area (Å²) in [6, 6.07) is 2.64. The Hall–Kier alpha value is -1.59. The lowest BCUT2D eigenvalue weighted by Gasteiger charge is -2.15. The van der Waals surface area contributed by atoms with Crippen LogP contribution in [-0.2, 0) is 16.1 Å². The van der Waals surface area contributed by atoms with E-state index < -0.39 is 6.04 Å². The van der Waals surface area contributed by atoms with Gasteiger partial charge < -0.3 is 10.8 Å². The number of rotatable bonds is 4. The number of carbonyl (C=O) groups excluding carboxylic acids is 1. The summed E-state index contributed by atoms with van der Waals surface area (Å²) in [5, 5.41) is 9.42. The molecule has 1 amide bonds. The highest BCUT2D eigenvalue weighted by molar-refractivity contribution is 5.80. The van der Waals surface area contributed by atoms with Crippen molar-refractivity contribution in [3.63, 3.8) is 0 Å². The van der Waals surface area contributed by atoms with Crippen molar-refractivity contribution in [2.45, 2.75) is 26.3 Å². The van der Waals surface area contributed by atoms with E-state index in [2.05, 4.69) is 10.3 Å². The molecule has 0 aliphatic rings. The molecule has 0 fully saturated rings. The minimum absolute atomic E-state index is 0.221. The number of phenols is 1. The number of amides is 1. The van der Waals surface area contributed by atoms with Gasteiger partial charge in [-0.25, -0.2) is 5.48 Å². The molecule has 1 rings (SSSR count). The predicted molar refractivity (Wildman–Crippen MR) is 64.4 cm³/mol. The first-order chi connectivity index (χ1) is 7.95. The molecular weight excluding hydrogens is 220 g/mol. The number of aryl methyl sites for hydroxylation is 2. The summed E-state index contributed by atoms with van der Waals surface area (Å²) in [5.74, 6) is -0.141. The molecule has 5 nitrogen and oxygen atoms in total. The SMILES string of the molecule is CONC(=O)[C@@H](N)Cc1c(C)cc(O)cc1C. The Morgan fingerprint density at radius 1 is 1.47 bits per heavy atom. The van der Waals surface area contributed by atoms with Crippen LogP contribution in [0.15, 0.2) is 12.1 Å². The molecule has 5 heteroatoms. The maximum atomic E-state index is 11.4. The van der Waals surface area contributed by atoms with Crippen LogP contribution in [0.1, 0.15) is 16.7 Å². The van der Waals surface area contributed by atoms with Crippen LogP contribution in [0.3, 0.4) is 0 Å². The van der Waals surface area contributed by atoms with Crippen LogP contribution in [0.25, 0.3) is 0 Å². The number of phenolic OH excluding ortho intramolecular Hbond substituents is 1. The van der Waals surface area contributed by atoms with Crippen molar-refractivity contribution in [1.29, 1.82) is 0 Å². The number of hydrogen-bond acceptors (Lipinski definition) is 4. The van der Waals surface area contributed by atoms with Crippen molar-refractivity contribution in [1.82, 2.24) is 5.48 Å². The molecule has 0 aliphatic heterocycles. The van der Waals surface area contributed by atoms with Gasteiger partial charge in [-0.05, 0) is 49.1 Å². The van der Waals surface area contributed by atoms with Crippen LogP contribution in [0.2, 0.25) is 0 Å². The molecule has 0 unspecified atom stereocenters. The largest absolute Gasteiger partial charge is 0.508 e. The topological polar surface area (TPSA) is 84.6 Å². The summed E-state index contributed by atoms with van der Waals surface area (Å²) >= 11 is 0. The van der Waals surface area contributed by atoms with Crippen molar-refractivity contribution >= 4 is 5.91 Å². The van der Waals surface area contributed by atoms with E-state index in [-0.39, 0.29) is 11.7 Å². The number of hydroxylamine groups is 1. The monoisotopic (exact) mass is 238 g/mol. The van der Waals surface area contributed by atoms with Gasteiger partial charge in [0.2, 0.25) is 0 Å². The Labute approximate surface area is 101 Å². The standard InChI is InChI=1S/C12H18N2O3/c1-7-4-9(15)5-8(2)10(7)6-11(13)12(16)14-17-3/h4-5,11,15H,6,13H2,1-3H3,(H,14,16)/t11-/m0/s1. The van der Waals surface area contributed by atoms with Gasteiger partial charge in [-0.1, -0.05) is 0 Å². The first kappa shape index (κ1) is 13.5. The summed E-state index contributed by atoms with van der Waals surface area (Å²) in [4.78, 5) is 15.9. The lowest BCUT2D eigenvalue weighted by molar-refractivity contribution is -0.132. The third kappa shape index (κ3) is 3.44. The highest BCUT2D eigenvalue weighted by Crippen LogP contribution is 2.21. The smallest absolute Gasteiger partial charge is 0.260 e. The lowest BCUT2D eigenvalue weighted by Crippen LogP contribution is -2.41. The van der Waals surface area contributed by atoms with Gasteiger partial charge in [0.15, 0.2) is 0 Å².